The van der Waals surface area contributed by atoms with Crippen LogP contribution in [0.4, 0.5) is 4.39 Å². The number of carboxylic acid groups (broad SMARTS) is 1. The highest BCUT2D eigenvalue weighted by Gasteiger charge is 2.25. The van der Waals surface area contributed by atoms with Crippen molar-refractivity contribution >= 4 is 5.97 Å². The van der Waals surface area contributed by atoms with Gasteiger partial charge < -0.3 is 9.84 Å². The molecule has 4 nitrogen and oxygen atoms in total. The molecular formula is C14H18FNO3. The highest BCUT2D eigenvalue weighted by atomic mass is 19.1. The molecule has 0 aromatic heterocycles. The van der Waals surface area contributed by atoms with Gasteiger partial charge in [-0.3, -0.25) is 9.69 Å². The molecule has 1 unspecified atom stereocenters. The first-order valence-corrected chi connectivity index (χ1v) is 6.35. The van der Waals surface area contributed by atoms with Crippen LogP contribution >= 0.6 is 0 Å². The lowest BCUT2D eigenvalue weighted by molar-refractivity contribution is -0.140. The SMILES string of the molecule is Cc1ccc(F)cc1CN1CCOCC1CC(=O)O. The number of aliphatic carboxylic acids is 1. The van der Waals surface area contributed by atoms with Gasteiger partial charge in [0.1, 0.15) is 5.82 Å². The van der Waals surface area contributed by atoms with Crippen molar-refractivity contribution in [3.8, 4) is 0 Å². The Labute approximate surface area is 111 Å². The van der Waals surface area contributed by atoms with Crippen LogP contribution in [0, 0.1) is 12.7 Å². The van der Waals surface area contributed by atoms with Crippen molar-refractivity contribution in [2.24, 2.45) is 0 Å². The Balaban J connectivity index is 2.10. The average molecular weight is 267 g/mol. The Morgan fingerprint density at radius 2 is 2.37 bits per heavy atom. The van der Waals surface area contributed by atoms with E-state index in [2.05, 4.69) is 4.90 Å². The summed E-state index contributed by atoms with van der Waals surface area (Å²) in [4.78, 5) is 12.9. The van der Waals surface area contributed by atoms with Gasteiger partial charge >= 0.3 is 5.97 Å². The number of carbonyl (C=O) groups is 1. The summed E-state index contributed by atoms with van der Waals surface area (Å²) in [6.45, 7) is 4.17. The van der Waals surface area contributed by atoms with Crippen molar-refractivity contribution in [2.45, 2.75) is 25.9 Å². The zero-order valence-corrected chi connectivity index (χ0v) is 10.9. The highest BCUT2D eigenvalue weighted by Crippen LogP contribution is 2.18. The van der Waals surface area contributed by atoms with Crippen LogP contribution < -0.4 is 0 Å². The van der Waals surface area contributed by atoms with Crippen LogP contribution in [0.15, 0.2) is 18.2 Å². The number of nitrogens with zero attached hydrogens (tertiary/aromatic N) is 1. The van der Waals surface area contributed by atoms with Crippen LogP contribution in [0.2, 0.25) is 0 Å². The van der Waals surface area contributed by atoms with Gasteiger partial charge in [0.25, 0.3) is 0 Å². The molecule has 0 aliphatic carbocycles. The monoisotopic (exact) mass is 267 g/mol. The number of hydrogen-bond donors (Lipinski definition) is 1. The predicted octanol–water partition coefficient (Wildman–Crippen LogP) is 1.81. The molecule has 1 aliphatic rings. The van der Waals surface area contributed by atoms with Gasteiger partial charge in [-0.25, -0.2) is 4.39 Å². The molecule has 0 spiro atoms. The van der Waals surface area contributed by atoms with Gasteiger partial charge in [0.05, 0.1) is 19.6 Å². The zero-order chi connectivity index (χ0) is 13.8. The molecule has 1 fully saturated rings. The second-order valence-corrected chi connectivity index (χ2v) is 4.87. The molecule has 1 saturated heterocycles. The maximum absolute atomic E-state index is 13.3. The summed E-state index contributed by atoms with van der Waals surface area (Å²) >= 11 is 0. The molecule has 104 valence electrons. The van der Waals surface area contributed by atoms with E-state index in [0.717, 1.165) is 11.1 Å². The Bertz CT molecular complexity index is 464. The number of benzene rings is 1. The van der Waals surface area contributed by atoms with E-state index >= 15 is 0 Å². The molecule has 1 atom stereocenters. The standard InChI is InChI=1S/C14H18FNO3/c1-10-2-3-12(15)6-11(10)8-16-4-5-19-9-13(16)7-14(17)18/h2-3,6,13H,4-5,7-9H2,1H3,(H,17,18). The Morgan fingerprint density at radius 1 is 1.58 bits per heavy atom. The van der Waals surface area contributed by atoms with Crippen molar-refractivity contribution in [3.05, 3.63) is 35.1 Å². The number of ether oxygens (including phenoxy) is 1. The second-order valence-electron chi connectivity index (χ2n) is 4.87. The van der Waals surface area contributed by atoms with E-state index < -0.39 is 5.97 Å². The van der Waals surface area contributed by atoms with Crippen LogP contribution in [0.3, 0.4) is 0 Å². The molecule has 1 N–H and O–H groups in total. The molecule has 0 bridgehead atoms. The molecule has 1 aromatic rings. The summed E-state index contributed by atoms with van der Waals surface area (Å²) in [7, 11) is 0. The van der Waals surface area contributed by atoms with E-state index in [9.17, 15) is 9.18 Å². The van der Waals surface area contributed by atoms with Gasteiger partial charge in [-0.1, -0.05) is 6.07 Å². The number of rotatable bonds is 4. The number of hydrogen-bond acceptors (Lipinski definition) is 3. The molecule has 5 heteroatoms. The first kappa shape index (κ1) is 14.0. The minimum absolute atomic E-state index is 0.0500. The van der Waals surface area contributed by atoms with Crippen molar-refractivity contribution in [1.82, 2.24) is 4.90 Å². The van der Waals surface area contributed by atoms with E-state index in [4.69, 9.17) is 9.84 Å². The van der Waals surface area contributed by atoms with Crippen LogP contribution in [0.5, 0.6) is 0 Å². The third kappa shape index (κ3) is 3.75. The van der Waals surface area contributed by atoms with Crippen LogP contribution in [0.25, 0.3) is 0 Å². The number of halogens is 1. The second kappa shape index (κ2) is 6.12. The fourth-order valence-corrected chi connectivity index (χ4v) is 2.32. The lowest BCUT2D eigenvalue weighted by Gasteiger charge is -2.35. The first-order chi connectivity index (χ1) is 9.06. The fraction of sp³-hybridized carbons (Fsp3) is 0.500. The van der Waals surface area contributed by atoms with Gasteiger partial charge in [0, 0.05) is 19.1 Å². The largest absolute Gasteiger partial charge is 0.481 e. The van der Waals surface area contributed by atoms with Gasteiger partial charge in [0.2, 0.25) is 0 Å². The van der Waals surface area contributed by atoms with Crippen molar-refractivity contribution in [1.29, 1.82) is 0 Å². The summed E-state index contributed by atoms with van der Waals surface area (Å²) in [5.41, 5.74) is 1.92. The lowest BCUT2D eigenvalue weighted by Crippen LogP contribution is -2.46. The summed E-state index contributed by atoms with van der Waals surface area (Å²) in [5.74, 6) is -1.10. The van der Waals surface area contributed by atoms with E-state index in [-0.39, 0.29) is 18.3 Å². The van der Waals surface area contributed by atoms with E-state index in [1.54, 1.807) is 6.07 Å². The average Bonchev–Trinajstić information content (AvgIpc) is 2.35. The Morgan fingerprint density at radius 3 is 3.11 bits per heavy atom. The van der Waals surface area contributed by atoms with Crippen LogP contribution in [0.1, 0.15) is 17.5 Å². The van der Waals surface area contributed by atoms with E-state index in [1.165, 1.54) is 12.1 Å². The van der Waals surface area contributed by atoms with Crippen molar-refractivity contribution in [2.75, 3.05) is 19.8 Å². The molecule has 1 aliphatic heterocycles. The fourth-order valence-electron chi connectivity index (χ4n) is 2.32. The molecule has 0 saturated carbocycles. The van der Waals surface area contributed by atoms with Crippen LogP contribution in [-0.2, 0) is 16.1 Å². The molecular weight excluding hydrogens is 249 g/mol. The van der Waals surface area contributed by atoms with Gasteiger partial charge in [0.15, 0.2) is 0 Å². The normalized spacial score (nSPS) is 20.4. The molecule has 1 heterocycles. The maximum Gasteiger partial charge on any atom is 0.305 e. The third-order valence-corrected chi connectivity index (χ3v) is 3.44. The maximum atomic E-state index is 13.3. The summed E-state index contributed by atoms with van der Waals surface area (Å²) < 4.78 is 18.6. The van der Waals surface area contributed by atoms with Gasteiger partial charge in [-0.2, -0.15) is 0 Å². The van der Waals surface area contributed by atoms with E-state index in [0.29, 0.717) is 26.3 Å². The molecule has 0 amide bonds. The topological polar surface area (TPSA) is 49.8 Å². The summed E-state index contributed by atoms with van der Waals surface area (Å²) in [6.07, 6.45) is 0.0500. The first-order valence-electron chi connectivity index (χ1n) is 6.35. The smallest absolute Gasteiger partial charge is 0.305 e. The Kier molecular flexibility index (Phi) is 4.50. The van der Waals surface area contributed by atoms with Gasteiger partial charge in [-0.05, 0) is 30.2 Å². The highest BCUT2D eigenvalue weighted by molar-refractivity contribution is 5.67. The third-order valence-electron chi connectivity index (χ3n) is 3.44. The quantitative estimate of drug-likeness (QED) is 0.904. The number of aryl methyl sites for hydroxylation is 1. The number of carboxylic acids is 1. The van der Waals surface area contributed by atoms with E-state index in [1.807, 2.05) is 6.92 Å². The van der Waals surface area contributed by atoms with Gasteiger partial charge in [-0.15, -0.1) is 0 Å². The minimum atomic E-state index is -0.837. The summed E-state index contributed by atoms with van der Waals surface area (Å²) in [6, 6.07) is 4.56. The minimum Gasteiger partial charge on any atom is -0.481 e. The molecule has 1 aromatic carbocycles. The molecule has 2 rings (SSSR count). The van der Waals surface area contributed by atoms with Crippen molar-refractivity contribution < 1.29 is 19.0 Å². The number of morpholine rings is 1. The lowest BCUT2D eigenvalue weighted by atomic mass is 10.1. The summed E-state index contributed by atoms with van der Waals surface area (Å²) in [5, 5.41) is 8.91. The molecule has 19 heavy (non-hydrogen) atoms. The van der Waals surface area contributed by atoms with Crippen LogP contribution in [-0.4, -0.2) is 41.8 Å². The molecule has 0 radical (unpaired) electrons. The zero-order valence-electron chi connectivity index (χ0n) is 10.9. The predicted molar refractivity (Wildman–Crippen MR) is 68.4 cm³/mol. The van der Waals surface area contributed by atoms with Crippen molar-refractivity contribution in [3.63, 3.8) is 0 Å². The Hall–Kier alpha value is -1.46.